The van der Waals surface area contributed by atoms with E-state index in [1.165, 1.54) is 17.1 Å². The Kier molecular flexibility index (Phi) is 8.05. The first kappa shape index (κ1) is 30.7. The van der Waals surface area contributed by atoms with Gasteiger partial charge in [-0.05, 0) is 6.07 Å². The SMILES string of the molecule is Nc1nc2c(ncn2[C@@H]2O[C@H](CO[PH](=O)O)[C@@H](O)[C@H]2P(=O)(O)OC[C@H]2O[C@@H](n3ccc4c(N)ncnc43)[C@H](O)[C@@H]2O)c(=O)[nH]1. The topological polar surface area (TPSA) is 319 Å². The summed E-state index contributed by atoms with van der Waals surface area (Å²) in [4.78, 5) is 50.8. The molecule has 10 N–H and O–H groups in total. The summed E-state index contributed by atoms with van der Waals surface area (Å²) in [7, 11) is -8.44. The lowest BCUT2D eigenvalue weighted by atomic mass is 10.1. The molecule has 10 atom stereocenters. The molecule has 23 heteroatoms. The number of nitrogen functional groups attached to an aromatic ring is 2. The smallest absolute Gasteiger partial charge is 0.338 e. The fourth-order valence-electron chi connectivity index (χ4n) is 5.29. The van der Waals surface area contributed by atoms with Gasteiger partial charge in [0.25, 0.3) is 5.56 Å². The Bertz CT molecular complexity index is 1830. The second kappa shape index (κ2) is 11.5. The zero-order chi connectivity index (χ0) is 31.5. The fourth-order valence-corrected chi connectivity index (χ4v) is 7.25. The fraction of sp³-hybridized carbons (Fsp3) is 0.476. The van der Waals surface area contributed by atoms with Crippen molar-refractivity contribution in [3.05, 3.63) is 35.3 Å². The molecule has 2 aliphatic rings. The van der Waals surface area contributed by atoms with Crippen LogP contribution in [-0.2, 0) is 27.7 Å². The molecule has 0 bridgehead atoms. The maximum atomic E-state index is 13.7. The Hall–Kier alpha value is -3.33. The molecular formula is C21H27N9O12P2. The van der Waals surface area contributed by atoms with Crippen LogP contribution < -0.4 is 17.0 Å². The van der Waals surface area contributed by atoms with E-state index in [-0.39, 0.29) is 22.9 Å². The summed E-state index contributed by atoms with van der Waals surface area (Å²) in [5.41, 5.74) is 8.95. The summed E-state index contributed by atoms with van der Waals surface area (Å²) in [5.74, 6) is -0.121. The standard InChI is InChI=1S/C21H27N9O12P2/c22-15-7-1-2-29(16(7)25-5-24-15)19-13(33)11(31)9(41-19)4-40-44(37,38)14-12(32)8(3-39-43(35)36)42-20(14)30-6-26-10-17(30)27-21(23)28-18(10)34/h1-2,5-6,8-9,11-14,19-20,31-33,43H,3-4H2,(H,35,36)(H,37,38)(H2,22,24,25)(H3,23,27,28,34)/t8-,9-,11-,12-,13-,14-,19-,20-/m1/s1. The lowest BCUT2D eigenvalue weighted by Crippen LogP contribution is -2.36. The molecule has 0 aromatic carbocycles. The van der Waals surface area contributed by atoms with Gasteiger partial charge in [0.05, 0.1) is 24.9 Å². The van der Waals surface area contributed by atoms with Crippen molar-refractivity contribution in [3.63, 3.8) is 0 Å². The van der Waals surface area contributed by atoms with E-state index in [1.807, 2.05) is 0 Å². The Morgan fingerprint density at radius 2 is 1.75 bits per heavy atom. The zero-order valence-electron chi connectivity index (χ0n) is 22.2. The molecule has 238 valence electrons. The molecule has 6 rings (SSSR count). The number of nitrogens with one attached hydrogen (secondary N) is 1. The maximum Gasteiger partial charge on any atom is 0.338 e. The Balaban J connectivity index is 1.26. The molecular weight excluding hydrogens is 632 g/mol. The van der Waals surface area contributed by atoms with Gasteiger partial charge in [-0.15, -0.1) is 0 Å². The lowest BCUT2D eigenvalue weighted by Gasteiger charge is -2.27. The Morgan fingerprint density at radius 1 is 1.02 bits per heavy atom. The van der Waals surface area contributed by atoms with Gasteiger partial charge in [-0.25, -0.2) is 15.0 Å². The van der Waals surface area contributed by atoms with Gasteiger partial charge in [0.2, 0.25) is 5.95 Å². The third-order valence-electron chi connectivity index (χ3n) is 7.39. The molecule has 4 aromatic rings. The third-order valence-corrected chi connectivity index (χ3v) is 9.63. The average molecular weight is 659 g/mol. The van der Waals surface area contributed by atoms with Gasteiger partial charge in [0, 0.05) is 6.20 Å². The van der Waals surface area contributed by atoms with Crippen molar-refractivity contribution in [1.82, 2.24) is 34.1 Å². The third kappa shape index (κ3) is 5.31. The van der Waals surface area contributed by atoms with E-state index in [0.717, 1.165) is 10.9 Å². The number of hydrogen-bond acceptors (Lipinski definition) is 16. The van der Waals surface area contributed by atoms with Crippen molar-refractivity contribution in [3.8, 4) is 0 Å². The molecule has 2 unspecified atom stereocenters. The van der Waals surface area contributed by atoms with Crippen LogP contribution in [0.3, 0.4) is 0 Å². The predicted octanol–water partition coefficient (Wildman–Crippen LogP) is -2.42. The van der Waals surface area contributed by atoms with Gasteiger partial charge in [0.15, 0.2) is 23.6 Å². The van der Waals surface area contributed by atoms with Crippen molar-refractivity contribution >= 4 is 49.8 Å². The van der Waals surface area contributed by atoms with Gasteiger partial charge in [-0.2, -0.15) is 4.98 Å². The average Bonchev–Trinajstić information content (AvgIpc) is 3.72. The molecule has 44 heavy (non-hydrogen) atoms. The number of H-pyrrole nitrogens is 1. The molecule has 0 aliphatic carbocycles. The second-order valence-electron chi connectivity index (χ2n) is 10.0. The number of rotatable bonds is 9. The first-order valence-corrected chi connectivity index (χ1v) is 15.8. The number of fused-ring (bicyclic) bond motifs is 2. The van der Waals surface area contributed by atoms with Gasteiger partial charge in [0.1, 0.15) is 54.0 Å². The molecule has 2 aliphatic heterocycles. The van der Waals surface area contributed by atoms with Crippen LogP contribution in [0.25, 0.3) is 22.2 Å². The van der Waals surface area contributed by atoms with Gasteiger partial charge >= 0.3 is 15.9 Å². The van der Waals surface area contributed by atoms with Crippen LogP contribution in [0.2, 0.25) is 0 Å². The number of nitrogens with two attached hydrogens (primary N) is 2. The van der Waals surface area contributed by atoms with Crippen LogP contribution >= 0.6 is 15.9 Å². The van der Waals surface area contributed by atoms with Crippen molar-refractivity contribution < 1.29 is 52.8 Å². The molecule has 6 heterocycles. The van der Waals surface area contributed by atoms with Crippen LogP contribution in [0, 0.1) is 0 Å². The Labute approximate surface area is 245 Å². The van der Waals surface area contributed by atoms with E-state index >= 15 is 0 Å². The van der Waals surface area contributed by atoms with Crippen LogP contribution in [0.15, 0.2) is 29.7 Å². The number of nitrogens with zero attached hydrogens (tertiary/aromatic N) is 6. The van der Waals surface area contributed by atoms with Crippen molar-refractivity contribution in [2.24, 2.45) is 0 Å². The summed E-state index contributed by atoms with van der Waals surface area (Å²) in [6.07, 6.45) is -6.64. The highest BCUT2D eigenvalue weighted by Crippen LogP contribution is 2.57. The summed E-state index contributed by atoms with van der Waals surface area (Å²) < 4.78 is 48.9. The van der Waals surface area contributed by atoms with E-state index in [4.69, 9.17) is 30.4 Å². The highest BCUT2D eigenvalue weighted by Gasteiger charge is 2.56. The largest absolute Gasteiger partial charge is 0.389 e. The van der Waals surface area contributed by atoms with Crippen molar-refractivity contribution in [2.45, 2.75) is 48.6 Å². The van der Waals surface area contributed by atoms with E-state index in [9.17, 15) is 34.1 Å². The Morgan fingerprint density at radius 3 is 2.50 bits per heavy atom. The number of ether oxygens (including phenoxy) is 2. The molecule has 2 fully saturated rings. The normalized spacial score (nSPS) is 31.1. The quantitative estimate of drug-likeness (QED) is 0.0866. The number of aliphatic hydroxyl groups is 3. The minimum atomic E-state index is -4.98. The number of aromatic nitrogens is 7. The summed E-state index contributed by atoms with van der Waals surface area (Å²) in [5, 5.41) is 32.9. The number of anilines is 2. The van der Waals surface area contributed by atoms with Gasteiger partial charge < -0.3 is 59.7 Å². The number of imidazole rings is 1. The van der Waals surface area contributed by atoms with E-state index in [0.29, 0.717) is 11.0 Å². The summed E-state index contributed by atoms with van der Waals surface area (Å²) >= 11 is 0. The minimum absolute atomic E-state index is 0.158. The molecule has 4 aromatic heterocycles. The number of aromatic amines is 1. The van der Waals surface area contributed by atoms with Crippen LogP contribution in [0.5, 0.6) is 0 Å². The van der Waals surface area contributed by atoms with Crippen molar-refractivity contribution in [2.75, 3.05) is 24.7 Å². The number of hydrogen-bond donors (Lipinski definition) is 8. The molecule has 2 saturated heterocycles. The zero-order valence-corrected chi connectivity index (χ0v) is 24.1. The maximum absolute atomic E-state index is 13.7. The summed E-state index contributed by atoms with van der Waals surface area (Å²) in [6, 6.07) is 1.59. The molecule has 21 nitrogen and oxygen atoms in total. The first-order valence-electron chi connectivity index (χ1n) is 12.8. The highest BCUT2D eigenvalue weighted by atomic mass is 31.2. The van der Waals surface area contributed by atoms with Crippen LogP contribution in [0.1, 0.15) is 12.5 Å². The highest BCUT2D eigenvalue weighted by molar-refractivity contribution is 7.53. The van der Waals surface area contributed by atoms with E-state index in [2.05, 4.69) is 29.4 Å². The summed E-state index contributed by atoms with van der Waals surface area (Å²) in [6.45, 7) is -1.39. The second-order valence-corrected chi connectivity index (χ2v) is 12.8. The molecule has 0 amide bonds. The van der Waals surface area contributed by atoms with Crippen LogP contribution in [0.4, 0.5) is 11.8 Å². The van der Waals surface area contributed by atoms with E-state index < -0.39 is 83.3 Å². The van der Waals surface area contributed by atoms with Crippen molar-refractivity contribution in [1.29, 1.82) is 0 Å². The van der Waals surface area contributed by atoms with Gasteiger partial charge in [-0.1, -0.05) is 0 Å². The number of aliphatic hydroxyl groups excluding tert-OH is 3. The predicted molar refractivity (Wildman–Crippen MR) is 147 cm³/mol. The van der Waals surface area contributed by atoms with E-state index in [1.54, 1.807) is 6.07 Å². The monoisotopic (exact) mass is 659 g/mol. The molecule has 0 radical (unpaired) electrons. The molecule has 0 spiro atoms. The molecule has 0 saturated carbocycles. The lowest BCUT2D eigenvalue weighted by molar-refractivity contribution is -0.0492. The minimum Gasteiger partial charge on any atom is -0.389 e. The van der Waals surface area contributed by atoms with Gasteiger partial charge in [-0.3, -0.25) is 23.5 Å². The van der Waals surface area contributed by atoms with Crippen LogP contribution in [-0.4, -0.2) is 109 Å². The first-order chi connectivity index (χ1) is 20.9.